The molecule has 23 heavy (non-hydrogen) atoms. The van der Waals surface area contributed by atoms with Crippen LogP contribution in [0, 0.1) is 5.82 Å². The Bertz CT molecular complexity index is 856. The first kappa shape index (κ1) is 16.2. The number of benzene rings is 2. The second-order valence-electron chi connectivity index (χ2n) is 4.67. The lowest BCUT2D eigenvalue weighted by molar-refractivity contribution is -0.113. The van der Waals surface area contributed by atoms with Crippen molar-refractivity contribution in [3.8, 4) is 0 Å². The average Bonchev–Trinajstić information content (AvgIpc) is 2.77. The Labute approximate surface area is 149 Å². The highest BCUT2D eigenvalue weighted by Crippen LogP contribution is 2.36. The van der Waals surface area contributed by atoms with E-state index < -0.39 is 17.0 Å². The van der Waals surface area contributed by atoms with Gasteiger partial charge in [-0.1, -0.05) is 23.7 Å². The molecule has 2 amide bonds. The van der Waals surface area contributed by atoms with Gasteiger partial charge in [0.15, 0.2) is 0 Å². The van der Waals surface area contributed by atoms with E-state index in [1.165, 1.54) is 12.1 Å². The Hall–Kier alpha value is -1.63. The number of hydrogen-bond acceptors (Lipinski definition) is 3. The Kier molecular flexibility index (Phi) is 4.57. The number of amides is 2. The smallest absolute Gasteiger partial charge is 0.268 e. The van der Waals surface area contributed by atoms with Crippen molar-refractivity contribution in [2.24, 2.45) is 0 Å². The van der Waals surface area contributed by atoms with Gasteiger partial charge in [0, 0.05) is 5.02 Å². The molecule has 1 heterocycles. The van der Waals surface area contributed by atoms with Gasteiger partial charge in [-0.25, -0.2) is 9.29 Å². The van der Waals surface area contributed by atoms with Crippen molar-refractivity contribution in [2.75, 3.05) is 4.90 Å². The number of anilines is 1. The van der Waals surface area contributed by atoms with Crippen LogP contribution in [0.2, 0.25) is 5.02 Å². The number of thioether (sulfide) groups is 1. The van der Waals surface area contributed by atoms with Gasteiger partial charge in [-0.05, 0) is 69.7 Å². The third-order valence-electron chi connectivity index (χ3n) is 3.10. The number of hydrogen-bond donors (Lipinski definition) is 0. The van der Waals surface area contributed by atoms with Gasteiger partial charge in [0.1, 0.15) is 5.82 Å². The summed E-state index contributed by atoms with van der Waals surface area (Å²) in [6.07, 6.45) is 1.56. The van der Waals surface area contributed by atoms with E-state index in [-0.39, 0.29) is 4.91 Å². The van der Waals surface area contributed by atoms with Crippen LogP contribution < -0.4 is 4.90 Å². The fourth-order valence-electron chi connectivity index (χ4n) is 2.06. The van der Waals surface area contributed by atoms with Crippen LogP contribution in [-0.4, -0.2) is 11.1 Å². The van der Waals surface area contributed by atoms with E-state index >= 15 is 0 Å². The summed E-state index contributed by atoms with van der Waals surface area (Å²) in [5.41, 5.74) is 1.04. The molecule has 0 saturated carbocycles. The molecule has 0 aliphatic carbocycles. The first-order valence-electron chi connectivity index (χ1n) is 6.44. The van der Waals surface area contributed by atoms with Crippen LogP contribution in [0.1, 0.15) is 5.56 Å². The van der Waals surface area contributed by atoms with Gasteiger partial charge >= 0.3 is 0 Å². The van der Waals surface area contributed by atoms with Gasteiger partial charge in [0.2, 0.25) is 0 Å². The van der Waals surface area contributed by atoms with Crippen molar-refractivity contribution in [2.45, 2.75) is 0 Å². The number of halogens is 3. The Balaban J connectivity index is 1.94. The van der Waals surface area contributed by atoms with Crippen molar-refractivity contribution < 1.29 is 14.0 Å². The van der Waals surface area contributed by atoms with E-state index in [4.69, 9.17) is 11.6 Å². The summed E-state index contributed by atoms with van der Waals surface area (Å²) in [4.78, 5) is 25.9. The molecule has 116 valence electrons. The number of nitrogens with zero attached hydrogens (tertiary/aromatic N) is 1. The van der Waals surface area contributed by atoms with Crippen LogP contribution in [0.25, 0.3) is 6.08 Å². The van der Waals surface area contributed by atoms with Crippen molar-refractivity contribution in [1.29, 1.82) is 0 Å². The molecule has 1 aliphatic heterocycles. The second kappa shape index (κ2) is 6.47. The quantitative estimate of drug-likeness (QED) is 0.613. The molecule has 0 radical (unpaired) electrons. The van der Waals surface area contributed by atoms with Gasteiger partial charge in [0.25, 0.3) is 11.1 Å². The molecule has 3 nitrogen and oxygen atoms in total. The molecule has 0 bridgehead atoms. The van der Waals surface area contributed by atoms with Crippen molar-refractivity contribution in [1.82, 2.24) is 0 Å². The zero-order chi connectivity index (χ0) is 16.6. The maximum atomic E-state index is 13.3. The Morgan fingerprint density at radius 3 is 2.65 bits per heavy atom. The monoisotopic (exact) mass is 411 g/mol. The van der Waals surface area contributed by atoms with E-state index in [2.05, 4.69) is 15.9 Å². The molecule has 3 rings (SSSR count). The Morgan fingerprint density at radius 1 is 1.17 bits per heavy atom. The van der Waals surface area contributed by atoms with E-state index in [0.717, 1.165) is 16.7 Å². The summed E-state index contributed by atoms with van der Waals surface area (Å²) in [5, 5.41) is 0.0395. The molecule has 2 aromatic carbocycles. The van der Waals surface area contributed by atoms with Crippen LogP contribution in [0.5, 0.6) is 0 Å². The summed E-state index contributed by atoms with van der Waals surface area (Å²) in [6, 6.07) is 10.9. The molecule has 2 aromatic rings. The molecular weight excluding hydrogens is 405 g/mol. The SMILES string of the molecule is O=C1S/C(=C/c2ccc(F)c(Br)c2)C(=O)N1c1cccc(Cl)c1. The predicted molar refractivity (Wildman–Crippen MR) is 94.0 cm³/mol. The molecular formula is C16H8BrClFNO2S. The third-order valence-corrected chi connectivity index (χ3v) is 4.81. The van der Waals surface area contributed by atoms with Crippen LogP contribution >= 0.6 is 39.3 Å². The highest BCUT2D eigenvalue weighted by atomic mass is 79.9. The van der Waals surface area contributed by atoms with Gasteiger partial charge in [-0.2, -0.15) is 0 Å². The van der Waals surface area contributed by atoms with E-state index in [9.17, 15) is 14.0 Å². The molecule has 1 fully saturated rings. The summed E-state index contributed by atoms with van der Waals surface area (Å²) in [5.74, 6) is -0.822. The Morgan fingerprint density at radius 2 is 1.96 bits per heavy atom. The largest absolute Gasteiger partial charge is 0.298 e. The minimum atomic E-state index is -0.428. The van der Waals surface area contributed by atoms with E-state index in [1.54, 1.807) is 36.4 Å². The lowest BCUT2D eigenvalue weighted by atomic mass is 10.2. The van der Waals surface area contributed by atoms with Crippen molar-refractivity contribution in [3.63, 3.8) is 0 Å². The van der Waals surface area contributed by atoms with Crippen LogP contribution in [-0.2, 0) is 4.79 Å². The molecule has 0 N–H and O–H groups in total. The number of carbonyl (C=O) groups excluding carboxylic acids is 2. The maximum Gasteiger partial charge on any atom is 0.298 e. The highest BCUT2D eigenvalue weighted by molar-refractivity contribution is 9.10. The zero-order valence-electron chi connectivity index (χ0n) is 11.4. The molecule has 0 spiro atoms. The number of rotatable bonds is 2. The molecule has 7 heteroatoms. The van der Waals surface area contributed by atoms with Crippen LogP contribution in [0.4, 0.5) is 14.9 Å². The standard InChI is InChI=1S/C16H8BrClFNO2S/c17-12-6-9(4-5-13(12)19)7-14-15(21)20(16(22)23-14)11-3-1-2-10(18)8-11/h1-8H/b14-7+. The summed E-state index contributed by atoms with van der Waals surface area (Å²) in [7, 11) is 0. The third kappa shape index (κ3) is 3.34. The molecule has 1 saturated heterocycles. The lowest BCUT2D eigenvalue weighted by Crippen LogP contribution is -2.27. The van der Waals surface area contributed by atoms with Gasteiger partial charge in [-0.3, -0.25) is 9.59 Å². The van der Waals surface area contributed by atoms with Crippen molar-refractivity contribution >= 4 is 62.2 Å². The normalized spacial score (nSPS) is 16.5. The maximum absolute atomic E-state index is 13.3. The predicted octanol–water partition coefficient (Wildman–Crippen LogP) is 5.48. The average molecular weight is 413 g/mol. The molecule has 0 atom stereocenters. The minimum absolute atomic E-state index is 0.272. The minimum Gasteiger partial charge on any atom is -0.268 e. The van der Waals surface area contributed by atoms with E-state index in [1.807, 2.05) is 0 Å². The first-order chi connectivity index (χ1) is 11.0. The van der Waals surface area contributed by atoms with Crippen LogP contribution in [0.3, 0.4) is 0 Å². The fourth-order valence-corrected chi connectivity index (χ4v) is 3.48. The number of imide groups is 1. The van der Waals surface area contributed by atoms with Crippen LogP contribution in [0.15, 0.2) is 51.8 Å². The summed E-state index contributed by atoms with van der Waals surface area (Å²) < 4.78 is 13.5. The highest BCUT2D eigenvalue weighted by Gasteiger charge is 2.36. The molecule has 0 aromatic heterocycles. The van der Waals surface area contributed by atoms with Gasteiger partial charge in [0.05, 0.1) is 15.1 Å². The fraction of sp³-hybridized carbons (Fsp3) is 0. The lowest BCUT2D eigenvalue weighted by Gasteiger charge is -2.12. The second-order valence-corrected chi connectivity index (χ2v) is 6.95. The summed E-state index contributed by atoms with van der Waals surface area (Å²) >= 11 is 9.83. The topological polar surface area (TPSA) is 37.4 Å². The van der Waals surface area contributed by atoms with Gasteiger partial charge in [-0.15, -0.1) is 0 Å². The van der Waals surface area contributed by atoms with Gasteiger partial charge < -0.3 is 0 Å². The number of carbonyl (C=O) groups is 2. The van der Waals surface area contributed by atoms with Crippen molar-refractivity contribution in [3.05, 3.63) is 68.2 Å². The summed E-state index contributed by atoms with van der Waals surface area (Å²) in [6.45, 7) is 0. The van der Waals surface area contributed by atoms with E-state index in [0.29, 0.717) is 20.7 Å². The zero-order valence-corrected chi connectivity index (χ0v) is 14.6. The molecule has 0 unspecified atom stereocenters. The first-order valence-corrected chi connectivity index (χ1v) is 8.43. The molecule has 1 aliphatic rings.